The Balaban J connectivity index is 2.07. The Morgan fingerprint density at radius 2 is 1.80 bits per heavy atom. The monoisotopic (exact) mass is 268 g/mol. The zero-order valence-electron chi connectivity index (χ0n) is 12.0. The lowest BCUT2D eigenvalue weighted by Crippen LogP contribution is -2.13. The van der Waals surface area contributed by atoms with Gasteiger partial charge in [-0.2, -0.15) is 0 Å². The largest absolute Gasteiger partial charge is 0.493 e. The van der Waals surface area contributed by atoms with Crippen LogP contribution in [0, 0.1) is 13.8 Å². The number of aliphatic hydroxyl groups excluding tert-OH is 1. The van der Waals surface area contributed by atoms with E-state index in [1.54, 1.807) is 0 Å². The molecule has 1 N–H and O–H groups in total. The van der Waals surface area contributed by atoms with E-state index in [0.29, 0.717) is 0 Å². The fourth-order valence-corrected chi connectivity index (χ4v) is 2.87. The smallest absolute Gasteiger partial charge is 0.128 e. The van der Waals surface area contributed by atoms with Crippen molar-refractivity contribution >= 4 is 0 Å². The first-order chi connectivity index (χ1) is 9.68. The Hall–Kier alpha value is -1.80. The Kier molecular flexibility index (Phi) is 3.49. The van der Waals surface area contributed by atoms with E-state index in [1.165, 1.54) is 11.1 Å². The van der Waals surface area contributed by atoms with Crippen molar-refractivity contribution in [2.45, 2.75) is 32.8 Å². The van der Waals surface area contributed by atoms with E-state index >= 15 is 0 Å². The average molecular weight is 268 g/mol. The highest BCUT2D eigenvalue weighted by molar-refractivity contribution is 5.48. The van der Waals surface area contributed by atoms with Crippen molar-refractivity contribution in [3.8, 4) is 5.75 Å². The van der Waals surface area contributed by atoms with Crippen molar-refractivity contribution in [3.05, 3.63) is 64.2 Å². The third kappa shape index (κ3) is 2.20. The molecular weight excluding hydrogens is 248 g/mol. The summed E-state index contributed by atoms with van der Waals surface area (Å²) >= 11 is 0. The SMILES string of the molecule is Cc1cccc(C(O)c2cccc3c2OCCC3)c1C. The molecule has 0 aromatic heterocycles. The van der Waals surface area contributed by atoms with Gasteiger partial charge in [-0.1, -0.05) is 36.4 Å². The van der Waals surface area contributed by atoms with E-state index in [2.05, 4.69) is 26.0 Å². The zero-order chi connectivity index (χ0) is 14.1. The molecule has 1 aliphatic rings. The third-order valence-corrected chi connectivity index (χ3v) is 4.20. The van der Waals surface area contributed by atoms with Gasteiger partial charge < -0.3 is 9.84 Å². The molecular formula is C18H20O2. The van der Waals surface area contributed by atoms with Gasteiger partial charge in [0.15, 0.2) is 0 Å². The van der Waals surface area contributed by atoms with Crippen molar-refractivity contribution in [3.63, 3.8) is 0 Å². The number of aliphatic hydroxyl groups is 1. The summed E-state index contributed by atoms with van der Waals surface area (Å²) in [6.45, 7) is 4.87. The number of rotatable bonds is 2. The van der Waals surface area contributed by atoms with E-state index in [0.717, 1.165) is 41.9 Å². The number of para-hydroxylation sites is 1. The number of ether oxygens (including phenoxy) is 1. The Morgan fingerprint density at radius 3 is 2.65 bits per heavy atom. The van der Waals surface area contributed by atoms with Gasteiger partial charge in [0.05, 0.1) is 6.61 Å². The fourth-order valence-electron chi connectivity index (χ4n) is 2.87. The summed E-state index contributed by atoms with van der Waals surface area (Å²) in [6.07, 6.45) is 1.46. The number of fused-ring (bicyclic) bond motifs is 1. The molecule has 1 aliphatic heterocycles. The van der Waals surface area contributed by atoms with E-state index in [1.807, 2.05) is 24.3 Å². The van der Waals surface area contributed by atoms with Gasteiger partial charge >= 0.3 is 0 Å². The van der Waals surface area contributed by atoms with Crippen LogP contribution in [0.1, 0.15) is 40.3 Å². The Morgan fingerprint density at radius 1 is 1.05 bits per heavy atom. The van der Waals surface area contributed by atoms with Crippen LogP contribution in [-0.4, -0.2) is 11.7 Å². The molecule has 0 saturated carbocycles. The third-order valence-electron chi connectivity index (χ3n) is 4.20. The molecule has 104 valence electrons. The molecule has 2 nitrogen and oxygen atoms in total. The van der Waals surface area contributed by atoms with Gasteiger partial charge in [-0.3, -0.25) is 0 Å². The van der Waals surface area contributed by atoms with Crippen LogP contribution in [0.5, 0.6) is 5.75 Å². The van der Waals surface area contributed by atoms with Gasteiger partial charge in [0.2, 0.25) is 0 Å². The van der Waals surface area contributed by atoms with Crippen LogP contribution in [0.4, 0.5) is 0 Å². The summed E-state index contributed by atoms with van der Waals surface area (Å²) < 4.78 is 5.81. The number of benzene rings is 2. The summed E-state index contributed by atoms with van der Waals surface area (Å²) in [5, 5.41) is 10.8. The molecule has 0 saturated heterocycles. The van der Waals surface area contributed by atoms with Gasteiger partial charge in [-0.15, -0.1) is 0 Å². The molecule has 0 fully saturated rings. The minimum Gasteiger partial charge on any atom is -0.493 e. The van der Waals surface area contributed by atoms with Crippen molar-refractivity contribution in [2.75, 3.05) is 6.61 Å². The van der Waals surface area contributed by atoms with Gasteiger partial charge in [0.25, 0.3) is 0 Å². The highest BCUT2D eigenvalue weighted by Crippen LogP contribution is 2.36. The molecule has 1 heterocycles. The maximum Gasteiger partial charge on any atom is 0.128 e. The van der Waals surface area contributed by atoms with Crippen molar-refractivity contribution in [2.24, 2.45) is 0 Å². The average Bonchev–Trinajstić information content (AvgIpc) is 2.49. The van der Waals surface area contributed by atoms with Gasteiger partial charge in [0, 0.05) is 5.56 Å². The molecule has 3 rings (SSSR count). The van der Waals surface area contributed by atoms with E-state index in [9.17, 15) is 5.11 Å². The van der Waals surface area contributed by atoms with Crippen LogP contribution in [-0.2, 0) is 6.42 Å². The molecule has 2 aromatic rings. The van der Waals surface area contributed by atoms with Crippen molar-refractivity contribution in [1.29, 1.82) is 0 Å². The van der Waals surface area contributed by atoms with Crippen molar-refractivity contribution < 1.29 is 9.84 Å². The molecule has 20 heavy (non-hydrogen) atoms. The predicted molar refractivity (Wildman–Crippen MR) is 80.2 cm³/mol. The van der Waals surface area contributed by atoms with E-state index in [4.69, 9.17) is 4.74 Å². The highest BCUT2D eigenvalue weighted by Gasteiger charge is 2.21. The summed E-state index contributed by atoms with van der Waals surface area (Å²) in [6, 6.07) is 12.1. The quantitative estimate of drug-likeness (QED) is 0.899. The van der Waals surface area contributed by atoms with E-state index < -0.39 is 6.10 Å². The summed E-state index contributed by atoms with van der Waals surface area (Å²) in [4.78, 5) is 0. The van der Waals surface area contributed by atoms with Crippen molar-refractivity contribution in [1.82, 2.24) is 0 Å². The Labute approximate surface area is 120 Å². The second-order valence-corrected chi connectivity index (χ2v) is 5.48. The van der Waals surface area contributed by atoms with Crippen LogP contribution >= 0.6 is 0 Å². The molecule has 2 aromatic carbocycles. The Bertz CT molecular complexity index is 631. The summed E-state index contributed by atoms with van der Waals surface area (Å²) in [7, 11) is 0. The van der Waals surface area contributed by atoms with Crippen LogP contribution in [0.15, 0.2) is 36.4 Å². The molecule has 1 atom stereocenters. The standard InChI is InChI=1S/C18H20O2/c1-12-6-3-9-15(13(12)2)17(19)16-10-4-7-14-8-5-11-20-18(14)16/h3-4,6-7,9-10,17,19H,5,8,11H2,1-2H3. The lowest BCUT2D eigenvalue weighted by molar-refractivity contribution is 0.206. The molecule has 1 unspecified atom stereocenters. The minimum absolute atomic E-state index is 0.622. The first-order valence-electron chi connectivity index (χ1n) is 7.17. The molecule has 0 amide bonds. The highest BCUT2D eigenvalue weighted by atomic mass is 16.5. The molecule has 0 spiro atoms. The molecule has 0 aliphatic carbocycles. The fraction of sp³-hybridized carbons (Fsp3) is 0.333. The molecule has 2 heteroatoms. The maximum absolute atomic E-state index is 10.8. The second kappa shape index (κ2) is 5.29. The van der Waals surface area contributed by atoms with Gasteiger partial charge in [0.1, 0.15) is 11.9 Å². The maximum atomic E-state index is 10.8. The zero-order valence-corrected chi connectivity index (χ0v) is 12.0. The summed E-state index contributed by atoms with van der Waals surface area (Å²) in [5.74, 6) is 0.882. The predicted octanol–water partition coefficient (Wildman–Crippen LogP) is 3.71. The lowest BCUT2D eigenvalue weighted by atomic mass is 9.92. The first-order valence-corrected chi connectivity index (χ1v) is 7.17. The van der Waals surface area contributed by atoms with E-state index in [-0.39, 0.29) is 0 Å². The second-order valence-electron chi connectivity index (χ2n) is 5.48. The lowest BCUT2D eigenvalue weighted by Gasteiger charge is -2.24. The normalized spacial score (nSPS) is 15.3. The summed E-state index contributed by atoms with van der Waals surface area (Å²) in [5.41, 5.74) is 5.40. The minimum atomic E-state index is -0.622. The molecule has 0 bridgehead atoms. The van der Waals surface area contributed by atoms with Crippen LogP contribution in [0.25, 0.3) is 0 Å². The number of hydrogen-bond acceptors (Lipinski definition) is 2. The van der Waals surface area contributed by atoms with Gasteiger partial charge in [-0.25, -0.2) is 0 Å². The molecule has 0 radical (unpaired) electrons. The number of hydrogen-bond donors (Lipinski definition) is 1. The van der Waals surface area contributed by atoms with Gasteiger partial charge in [-0.05, 0) is 48.9 Å². The van der Waals surface area contributed by atoms with Crippen LogP contribution in [0.3, 0.4) is 0 Å². The topological polar surface area (TPSA) is 29.5 Å². The van der Waals surface area contributed by atoms with Crippen LogP contribution in [0.2, 0.25) is 0 Å². The first kappa shape index (κ1) is 13.2. The number of aryl methyl sites for hydroxylation is 2. The van der Waals surface area contributed by atoms with Crippen LogP contribution < -0.4 is 4.74 Å².